The van der Waals surface area contributed by atoms with Gasteiger partial charge in [-0.05, 0) is 32.2 Å². The number of ether oxygens (including phenoxy) is 2. The van der Waals surface area contributed by atoms with E-state index < -0.39 is 5.67 Å². The van der Waals surface area contributed by atoms with E-state index >= 15 is 0 Å². The normalized spacial score (nSPS) is 14.3. The maximum Gasteiger partial charge on any atom is 0.149 e. The van der Waals surface area contributed by atoms with Crippen LogP contribution in [0.5, 0.6) is 11.5 Å². The first-order chi connectivity index (χ1) is 7.55. The molecule has 1 aromatic rings. The summed E-state index contributed by atoms with van der Waals surface area (Å²) in [7, 11) is 4.80. The van der Waals surface area contributed by atoms with Crippen LogP contribution in [-0.2, 0) is 5.67 Å². The number of hydrogen-bond donors (Lipinski definition) is 1. The molecule has 0 saturated carbocycles. The van der Waals surface area contributed by atoms with Gasteiger partial charge in [0, 0.05) is 12.1 Å². The Balaban J connectivity index is 3.17. The highest BCUT2D eigenvalue weighted by molar-refractivity contribution is 5.43. The van der Waals surface area contributed by atoms with Crippen molar-refractivity contribution in [2.24, 2.45) is 0 Å². The maximum absolute atomic E-state index is 14.4. The van der Waals surface area contributed by atoms with Crippen LogP contribution in [0.2, 0.25) is 0 Å². The lowest BCUT2D eigenvalue weighted by Gasteiger charge is -2.23. The van der Waals surface area contributed by atoms with Gasteiger partial charge in [-0.2, -0.15) is 0 Å². The number of nitrogens with one attached hydrogen (secondary N) is 1. The molecule has 0 aliphatic heterocycles. The van der Waals surface area contributed by atoms with Crippen molar-refractivity contribution in [2.75, 3.05) is 27.8 Å². The van der Waals surface area contributed by atoms with Crippen LogP contribution in [0.4, 0.5) is 4.39 Å². The first-order valence-electron chi connectivity index (χ1n) is 5.11. The van der Waals surface area contributed by atoms with Crippen LogP contribution in [0.1, 0.15) is 12.5 Å². The van der Waals surface area contributed by atoms with Gasteiger partial charge in [-0.3, -0.25) is 0 Å². The van der Waals surface area contributed by atoms with Crippen molar-refractivity contribution >= 4 is 0 Å². The molecule has 0 saturated heterocycles. The topological polar surface area (TPSA) is 30.5 Å². The van der Waals surface area contributed by atoms with Crippen LogP contribution in [-0.4, -0.2) is 27.8 Å². The molecule has 0 aliphatic carbocycles. The van der Waals surface area contributed by atoms with Gasteiger partial charge in [-0.1, -0.05) is 0 Å². The van der Waals surface area contributed by atoms with E-state index in [0.717, 1.165) is 0 Å². The summed E-state index contributed by atoms with van der Waals surface area (Å²) in [6, 6.07) is 5.12. The van der Waals surface area contributed by atoms with Crippen molar-refractivity contribution in [3.63, 3.8) is 0 Å². The van der Waals surface area contributed by atoms with Crippen LogP contribution in [0, 0.1) is 0 Å². The second-order valence-electron chi connectivity index (χ2n) is 3.79. The second kappa shape index (κ2) is 5.16. The quantitative estimate of drug-likeness (QED) is 0.835. The van der Waals surface area contributed by atoms with Gasteiger partial charge in [0.1, 0.15) is 17.2 Å². The molecule has 0 bridgehead atoms. The van der Waals surface area contributed by atoms with Gasteiger partial charge in [0.2, 0.25) is 0 Å². The van der Waals surface area contributed by atoms with Crippen molar-refractivity contribution < 1.29 is 13.9 Å². The van der Waals surface area contributed by atoms with Crippen molar-refractivity contribution in [2.45, 2.75) is 12.6 Å². The molecule has 90 valence electrons. The summed E-state index contributed by atoms with van der Waals surface area (Å²) in [5.74, 6) is 1.15. The lowest BCUT2D eigenvalue weighted by Crippen LogP contribution is -2.29. The zero-order valence-electron chi connectivity index (χ0n) is 10.1. The van der Waals surface area contributed by atoms with E-state index in [2.05, 4.69) is 5.32 Å². The molecule has 0 amide bonds. The molecule has 1 unspecified atom stereocenters. The van der Waals surface area contributed by atoms with Crippen molar-refractivity contribution in [1.29, 1.82) is 0 Å². The molecule has 16 heavy (non-hydrogen) atoms. The maximum atomic E-state index is 14.4. The van der Waals surface area contributed by atoms with Gasteiger partial charge in [0.25, 0.3) is 0 Å². The molecule has 4 heteroatoms. The van der Waals surface area contributed by atoms with Gasteiger partial charge in [0.15, 0.2) is 0 Å². The molecule has 0 radical (unpaired) electrons. The van der Waals surface area contributed by atoms with Crippen LogP contribution >= 0.6 is 0 Å². The fraction of sp³-hybridized carbons (Fsp3) is 0.500. The second-order valence-corrected chi connectivity index (χ2v) is 3.79. The summed E-state index contributed by atoms with van der Waals surface area (Å²) in [6.07, 6.45) is 0. The van der Waals surface area contributed by atoms with E-state index in [1.165, 1.54) is 14.0 Å². The first kappa shape index (κ1) is 12.8. The largest absolute Gasteiger partial charge is 0.497 e. The van der Waals surface area contributed by atoms with Crippen LogP contribution in [0.25, 0.3) is 0 Å². The Kier molecular flexibility index (Phi) is 4.12. The Bertz CT molecular complexity index is 353. The number of alkyl halides is 1. The van der Waals surface area contributed by atoms with Gasteiger partial charge in [-0.25, -0.2) is 4.39 Å². The predicted octanol–water partition coefficient (Wildman–Crippen LogP) is 2.11. The Morgan fingerprint density at radius 2 is 2.00 bits per heavy atom. The first-order valence-corrected chi connectivity index (χ1v) is 5.11. The molecule has 0 aliphatic rings. The van der Waals surface area contributed by atoms with Crippen molar-refractivity contribution in [1.82, 2.24) is 5.32 Å². The van der Waals surface area contributed by atoms with Gasteiger partial charge in [0.05, 0.1) is 14.2 Å². The van der Waals surface area contributed by atoms with Gasteiger partial charge >= 0.3 is 0 Å². The highest BCUT2D eigenvalue weighted by Crippen LogP contribution is 2.35. The minimum absolute atomic E-state index is 0.219. The SMILES string of the molecule is CNCC(C)(F)c1cc(OC)ccc1OC. The van der Waals surface area contributed by atoms with Crippen molar-refractivity contribution in [3.8, 4) is 11.5 Å². The summed E-state index contributed by atoms with van der Waals surface area (Å²) in [5.41, 5.74) is -1.00. The average molecular weight is 227 g/mol. The Hall–Kier alpha value is -1.29. The van der Waals surface area contributed by atoms with E-state index in [-0.39, 0.29) is 6.54 Å². The Morgan fingerprint density at radius 3 is 2.50 bits per heavy atom. The highest BCUT2D eigenvalue weighted by Gasteiger charge is 2.29. The van der Waals surface area contributed by atoms with E-state index in [1.807, 2.05) is 0 Å². The number of rotatable bonds is 5. The van der Waals surface area contributed by atoms with Crippen LogP contribution < -0.4 is 14.8 Å². The summed E-state index contributed by atoms with van der Waals surface area (Å²) in [4.78, 5) is 0. The number of hydrogen-bond acceptors (Lipinski definition) is 3. The molecule has 1 aromatic carbocycles. The fourth-order valence-corrected chi connectivity index (χ4v) is 1.65. The minimum Gasteiger partial charge on any atom is -0.497 e. The summed E-state index contributed by atoms with van der Waals surface area (Å²) in [6.45, 7) is 1.73. The number of halogens is 1. The zero-order valence-corrected chi connectivity index (χ0v) is 10.1. The lowest BCUT2D eigenvalue weighted by atomic mass is 9.96. The lowest BCUT2D eigenvalue weighted by molar-refractivity contribution is 0.184. The Morgan fingerprint density at radius 1 is 1.31 bits per heavy atom. The summed E-state index contributed by atoms with van der Waals surface area (Å²) in [5, 5.41) is 2.82. The third-order valence-electron chi connectivity index (χ3n) is 2.48. The summed E-state index contributed by atoms with van der Waals surface area (Å²) < 4.78 is 24.6. The number of likely N-dealkylation sites (N-methyl/N-ethyl adjacent to an activating group) is 1. The molecule has 1 N–H and O–H groups in total. The van der Waals surface area contributed by atoms with Gasteiger partial charge < -0.3 is 14.8 Å². The molecule has 1 rings (SSSR count). The van der Waals surface area contributed by atoms with Crippen LogP contribution in [0.15, 0.2) is 18.2 Å². The molecule has 0 aromatic heterocycles. The smallest absolute Gasteiger partial charge is 0.149 e. The molecule has 1 atom stereocenters. The van der Waals surface area contributed by atoms with E-state index in [0.29, 0.717) is 17.1 Å². The fourth-order valence-electron chi connectivity index (χ4n) is 1.65. The molecular formula is C12H18FNO2. The Labute approximate surface area is 95.6 Å². The van der Waals surface area contributed by atoms with E-state index in [4.69, 9.17) is 9.47 Å². The highest BCUT2D eigenvalue weighted by atomic mass is 19.1. The number of methoxy groups -OCH3 is 2. The molecule has 0 heterocycles. The predicted molar refractivity (Wildman–Crippen MR) is 61.9 cm³/mol. The van der Waals surface area contributed by atoms with E-state index in [9.17, 15) is 4.39 Å². The van der Waals surface area contributed by atoms with Crippen molar-refractivity contribution in [3.05, 3.63) is 23.8 Å². The van der Waals surface area contributed by atoms with E-state index in [1.54, 1.807) is 32.4 Å². The molecule has 0 spiro atoms. The zero-order chi connectivity index (χ0) is 12.2. The monoisotopic (exact) mass is 227 g/mol. The third kappa shape index (κ3) is 2.64. The minimum atomic E-state index is -1.49. The number of benzene rings is 1. The molecule has 0 fully saturated rings. The average Bonchev–Trinajstić information content (AvgIpc) is 2.28. The van der Waals surface area contributed by atoms with Gasteiger partial charge in [-0.15, -0.1) is 0 Å². The summed E-state index contributed by atoms with van der Waals surface area (Å²) >= 11 is 0. The third-order valence-corrected chi connectivity index (χ3v) is 2.48. The van der Waals surface area contributed by atoms with Crippen LogP contribution in [0.3, 0.4) is 0 Å². The standard InChI is InChI=1S/C12H18FNO2/c1-12(13,8-14-2)10-7-9(15-3)5-6-11(10)16-4/h5-7,14H,8H2,1-4H3. The molecular weight excluding hydrogens is 209 g/mol. The molecule has 3 nitrogen and oxygen atoms in total.